The molecular weight excluding hydrogens is 404 g/mol. The maximum Gasteiger partial charge on any atom is 0.326 e. The summed E-state index contributed by atoms with van der Waals surface area (Å²) >= 11 is 0. The van der Waals surface area contributed by atoms with E-state index in [0.717, 1.165) is 5.56 Å². The molecule has 3 amide bonds. The number of benzene rings is 1. The molecule has 0 radical (unpaired) electrons. The second-order valence-electron chi connectivity index (χ2n) is 7.82. The van der Waals surface area contributed by atoms with Crippen molar-refractivity contribution in [1.82, 2.24) is 16.0 Å². The lowest BCUT2D eigenvalue weighted by molar-refractivity contribution is -0.143. The molecule has 1 aromatic rings. The minimum atomic E-state index is -1.34. The fourth-order valence-electron chi connectivity index (χ4n) is 2.79. The first-order valence-electron chi connectivity index (χ1n) is 10.1. The zero-order chi connectivity index (χ0) is 23.7. The standard InChI is InChI=1S/C21H32N4O6/c1-11(2)16(21(30)31)24-18(27)12(3)23-20(29)17(13(4)26)25-19(28)15(22)10-14-8-6-5-7-9-14/h5-9,11-13,15-17,26H,10,22H2,1-4H3,(H,23,29)(H,24,27)(H,25,28)(H,30,31). The molecular formula is C21H32N4O6. The summed E-state index contributed by atoms with van der Waals surface area (Å²) in [4.78, 5) is 48.5. The van der Waals surface area contributed by atoms with Crippen molar-refractivity contribution in [2.24, 2.45) is 11.7 Å². The Morgan fingerprint density at radius 1 is 0.871 bits per heavy atom. The number of rotatable bonds is 11. The number of hydrogen-bond acceptors (Lipinski definition) is 6. The molecule has 0 aliphatic rings. The van der Waals surface area contributed by atoms with E-state index in [1.165, 1.54) is 13.8 Å². The van der Waals surface area contributed by atoms with Gasteiger partial charge in [0.2, 0.25) is 17.7 Å². The van der Waals surface area contributed by atoms with Gasteiger partial charge in [-0.15, -0.1) is 0 Å². The van der Waals surface area contributed by atoms with Gasteiger partial charge in [-0.2, -0.15) is 0 Å². The minimum Gasteiger partial charge on any atom is -0.480 e. The SMILES string of the molecule is CC(NC(=O)C(NC(=O)C(N)Cc1ccccc1)C(C)O)C(=O)NC(C(=O)O)C(C)C. The van der Waals surface area contributed by atoms with Crippen LogP contribution in [0.3, 0.4) is 0 Å². The second kappa shape index (κ2) is 12.0. The first-order valence-corrected chi connectivity index (χ1v) is 10.1. The molecule has 0 aromatic heterocycles. The van der Waals surface area contributed by atoms with Gasteiger partial charge in [-0.05, 0) is 31.7 Å². The molecule has 0 saturated heterocycles. The lowest BCUT2D eigenvalue weighted by atomic mass is 10.0. The van der Waals surface area contributed by atoms with Crippen LogP contribution in [0.25, 0.3) is 0 Å². The van der Waals surface area contributed by atoms with Crippen LogP contribution in [0.5, 0.6) is 0 Å². The number of carboxylic acids is 1. The number of carboxylic acid groups (broad SMARTS) is 1. The molecule has 1 rings (SSSR count). The van der Waals surface area contributed by atoms with E-state index in [4.69, 9.17) is 5.73 Å². The van der Waals surface area contributed by atoms with E-state index in [2.05, 4.69) is 16.0 Å². The predicted molar refractivity (Wildman–Crippen MR) is 114 cm³/mol. The maximum atomic E-state index is 12.5. The predicted octanol–water partition coefficient (Wildman–Crippen LogP) is -0.848. The molecule has 172 valence electrons. The first kappa shape index (κ1) is 26.1. The molecule has 0 fully saturated rings. The summed E-state index contributed by atoms with van der Waals surface area (Å²) in [5.74, 6) is -3.68. The number of aliphatic hydroxyl groups is 1. The van der Waals surface area contributed by atoms with E-state index in [1.54, 1.807) is 13.8 Å². The van der Waals surface area contributed by atoms with Gasteiger partial charge in [-0.3, -0.25) is 14.4 Å². The zero-order valence-corrected chi connectivity index (χ0v) is 18.2. The summed E-state index contributed by atoms with van der Waals surface area (Å²) in [6, 6.07) is 4.59. The Kier molecular flexibility index (Phi) is 10.1. The van der Waals surface area contributed by atoms with E-state index in [9.17, 15) is 29.4 Å². The summed E-state index contributed by atoms with van der Waals surface area (Å²) < 4.78 is 0. The lowest BCUT2D eigenvalue weighted by Crippen LogP contribution is -2.59. The highest BCUT2D eigenvalue weighted by atomic mass is 16.4. The molecule has 10 heteroatoms. The number of nitrogens with two attached hydrogens (primary N) is 1. The van der Waals surface area contributed by atoms with Crippen molar-refractivity contribution < 1.29 is 29.4 Å². The third-order valence-corrected chi connectivity index (χ3v) is 4.68. The van der Waals surface area contributed by atoms with Gasteiger partial charge in [0.1, 0.15) is 18.1 Å². The Labute approximate surface area is 181 Å². The Bertz CT molecular complexity index is 768. The normalized spacial score (nSPS) is 15.8. The highest BCUT2D eigenvalue weighted by Gasteiger charge is 2.31. The fraction of sp³-hybridized carbons (Fsp3) is 0.524. The third kappa shape index (κ3) is 8.35. The number of aliphatic carboxylic acids is 1. The van der Waals surface area contributed by atoms with Gasteiger partial charge in [0.05, 0.1) is 12.1 Å². The summed E-state index contributed by atoms with van der Waals surface area (Å²) in [6.45, 7) is 5.96. The molecule has 0 bridgehead atoms. The van der Waals surface area contributed by atoms with E-state index in [0.29, 0.717) is 0 Å². The van der Waals surface area contributed by atoms with E-state index >= 15 is 0 Å². The summed E-state index contributed by atoms with van der Waals surface area (Å²) in [7, 11) is 0. The van der Waals surface area contributed by atoms with Gasteiger partial charge in [0.25, 0.3) is 0 Å². The highest BCUT2D eigenvalue weighted by Crippen LogP contribution is 2.04. The fourth-order valence-corrected chi connectivity index (χ4v) is 2.79. The molecule has 0 saturated carbocycles. The number of carbonyl (C=O) groups excluding carboxylic acids is 3. The molecule has 5 atom stereocenters. The van der Waals surface area contributed by atoms with Gasteiger partial charge >= 0.3 is 5.97 Å². The van der Waals surface area contributed by atoms with Crippen molar-refractivity contribution in [3.63, 3.8) is 0 Å². The van der Waals surface area contributed by atoms with Gasteiger partial charge in [0.15, 0.2) is 0 Å². The Hall–Kier alpha value is -2.98. The average Bonchev–Trinajstić information content (AvgIpc) is 2.69. The smallest absolute Gasteiger partial charge is 0.326 e. The Morgan fingerprint density at radius 3 is 1.90 bits per heavy atom. The van der Waals surface area contributed by atoms with Crippen molar-refractivity contribution in [3.05, 3.63) is 35.9 Å². The summed E-state index contributed by atoms with van der Waals surface area (Å²) in [6.07, 6.45) is -1.02. The van der Waals surface area contributed by atoms with Crippen molar-refractivity contribution in [2.45, 2.75) is 64.4 Å². The van der Waals surface area contributed by atoms with E-state index in [-0.39, 0.29) is 12.3 Å². The molecule has 0 aliphatic heterocycles. The molecule has 1 aromatic carbocycles. The van der Waals surface area contributed by atoms with Crippen LogP contribution in [0.15, 0.2) is 30.3 Å². The van der Waals surface area contributed by atoms with Crippen LogP contribution in [0, 0.1) is 5.92 Å². The highest BCUT2D eigenvalue weighted by molar-refractivity contribution is 5.94. The minimum absolute atomic E-state index is 0.241. The summed E-state index contributed by atoms with van der Waals surface area (Å²) in [5.41, 5.74) is 6.75. The Morgan fingerprint density at radius 2 is 1.42 bits per heavy atom. The van der Waals surface area contributed by atoms with E-state index < -0.39 is 54.0 Å². The van der Waals surface area contributed by atoms with Crippen LogP contribution in [0.4, 0.5) is 0 Å². The van der Waals surface area contributed by atoms with Gasteiger partial charge in [0, 0.05) is 0 Å². The topological polar surface area (TPSA) is 171 Å². The van der Waals surface area contributed by atoms with E-state index in [1.807, 2.05) is 30.3 Å². The largest absolute Gasteiger partial charge is 0.480 e. The third-order valence-electron chi connectivity index (χ3n) is 4.68. The van der Waals surface area contributed by atoms with Crippen molar-refractivity contribution in [1.29, 1.82) is 0 Å². The molecule has 5 unspecified atom stereocenters. The van der Waals surface area contributed by atoms with Crippen LogP contribution < -0.4 is 21.7 Å². The maximum absolute atomic E-state index is 12.5. The van der Waals surface area contributed by atoms with Crippen LogP contribution in [0.2, 0.25) is 0 Å². The summed E-state index contributed by atoms with van der Waals surface area (Å²) in [5, 5.41) is 26.3. The number of nitrogens with one attached hydrogen (secondary N) is 3. The molecule has 7 N–H and O–H groups in total. The quantitative estimate of drug-likeness (QED) is 0.262. The van der Waals surface area contributed by atoms with Gasteiger partial charge in [-0.1, -0.05) is 44.2 Å². The van der Waals surface area contributed by atoms with Crippen LogP contribution in [-0.2, 0) is 25.6 Å². The van der Waals surface area contributed by atoms with Gasteiger partial charge < -0.3 is 31.9 Å². The average molecular weight is 437 g/mol. The first-order chi connectivity index (χ1) is 14.4. The monoisotopic (exact) mass is 436 g/mol. The zero-order valence-electron chi connectivity index (χ0n) is 18.2. The van der Waals surface area contributed by atoms with Crippen molar-refractivity contribution >= 4 is 23.7 Å². The Balaban J connectivity index is 2.72. The molecule has 0 spiro atoms. The molecule has 31 heavy (non-hydrogen) atoms. The van der Waals surface area contributed by atoms with Crippen molar-refractivity contribution in [2.75, 3.05) is 0 Å². The van der Waals surface area contributed by atoms with Crippen LogP contribution in [0.1, 0.15) is 33.3 Å². The second-order valence-corrected chi connectivity index (χ2v) is 7.82. The number of hydrogen-bond donors (Lipinski definition) is 6. The lowest BCUT2D eigenvalue weighted by Gasteiger charge is -2.25. The van der Waals surface area contributed by atoms with Crippen LogP contribution >= 0.6 is 0 Å². The van der Waals surface area contributed by atoms with Gasteiger partial charge in [-0.25, -0.2) is 4.79 Å². The molecule has 10 nitrogen and oxygen atoms in total. The number of amides is 3. The van der Waals surface area contributed by atoms with Crippen LogP contribution in [-0.4, -0.2) is 64.2 Å². The number of carbonyl (C=O) groups is 4. The number of aliphatic hydroxyl groups excluding tert-OH is 1. The van der Waals surface area contributed by atoms with Crippen molar-refractivity contribution in [3.8, 4) is 0 Å². The molecule has 0 aliphatic carbocycles. The molecule has 0 heterocycles.